The van der Waals surface area contributed by atoms with Gasteiger partial charge in [0.2, 0.25) is 21.8 Å². The van der Waals surface area contributed by atoms with Crippen LogP contribution in [0.2, 0.25) is 0 Å². The first-order valence-electron chi connectivity index (χ1n) is 10.3. The number of rotatable bonds is 10. The molecule has 8 heteroatoms. The van der Waals surface area contributed by atoms with Crippen LogP contribution >= 0.6 is 0 Å². The van der Waals surface area contributed by atoms with E-state index in [1.165, 1.54) is 11.9 Å². The molecule has 0 saturated heterocycles. The Bertz CT molecular complexity index is 976. The maximum Gasteiger partial charge on any atom is 0.244 e. The lowest BCUT2D eigenvalue weighted by Crippen LogP contribution is -2.51. The number of sulfonamides is 1. The monoisotopic (exact) mass is 445 g/mol. The Kier molecular flexibility index (Phi) is 8.62. The van der Waals surface area contributed by atoms with Gasteiger partial charge in [0.15, 0.2) is 0 Å². The van der Waals surface area contributed by atoms with Crippen LogP contribution in [0.25, 0.3) is 0 Å². The second-order valence-corrected chi connectivity index (χ2v) is 9.24. The Balaban J connectivity index is 2.38. The van der Waals surface area contributed by atoms with Crippen molar-refractivity contribution in [2.75, 3.05) is 24.2 Å². The Labute approximate surface area is 185 Å². The molecule has 2 rings (SSSR count). The zero-order valence-corrected chi connectivity index (χ0v) is 19.4. The fraction of sp³-hybridized carbons (Fsp3) is 0.391. The van der Waals surface area contributed by atoms with E-state index in [-0.39, 0.29) is 19.0 Å². The van der Waals surface area contributed by atoms with Crippen LogP contribution in [0.5, 0.6) is 0 Å². The third kappa shape index (κ3) is 6.55. The topological polar surface area (TPSA) is 86.8 Å². The number of carbonyl (C=O) groups is 2. The molecule has 1 N–H and O–H groups in total. The normalized spacial score (nSPS) is 12.1. The van der Waals surface area contributed by atoms with Crippen molar-refractivity contribution in [2.24, 2.45) is 0 Å². The largest absolute Gasteiger partial charge is 0.357 e. The number of nitrogens with one attached hydrogen (secondary N) is 1. The van der Waals surface area contributed by atoms with Crippen molar-refractivity contribution in [1.29, 1.82) is 0 Å². The van der Waals surface area contributed by atoms with Crippen LogP contribution in [-0.4, -0.2) is 51.0 Å². The highest BCUT2D eigenvalue weighted by Gasteiger charge is 2.31. The second kappa shape index (κ2) is 10.9. The van der Waals surface area contributed by atoms with Gasteiger partial charge in [-0.1, -0.05) is 56.3 Å². The molecule has 0 aliphatic carbocycles. The molecule has 31 heavy (non-hydrogen) atoms. The van der Waals surface area contributed by atoms with Crippen molar-refractivity contribution in [3.8, 4) is 0 Å². The van der Waals surface area contributed by atoms with Gasteiger partial charge in [0.25, 0.3) is 0 Å². The minimum absolute atomic E-state index is 0.206. The number of hydrogen-bond donors (Lipinski definition) is 1. The van der Waals surface area contributed by atoms with Gasteiger partial charge in [-0.15, -0.1) is 0 Å². The van der Waals surface area contributed by atoms with Crippen molar-refractivity contribution in [1.82, 2.24) is 10.2 Å². The molecule has 0 aromatic heterocycles. The zero-order valence-electron chi connectivity index (χ0n) is 18.5. The summed E-state index contributed by atoms with van der Waals surface area (Å²) in [4.78, 5) is 27.3. The first-order chi connectivity index (χ1) is 14.7. The van der Waals surface area contributed by atoms with E-state index < -0.39 is 22.0 Å². The van der Waals surface area contributed by atoms with Crippen LogP contribution in [0.4, 0.5) is 5.69 Å². The number of hydrogen-bond acceptors (Lipinski definition) is 4. The molecule has 0 unspecified atom stereocenters. The Morgan fingerprint density at radius 1 is 0.968 bits per heavy atom. The average molecular weight is 446 g/mol. The summed E-state index contributed by atoms with van der Waals surface area (Å²) in [5.74, 6) is -0.728. The maximum absolute atomic E-state index is 13.4. The Morgan fingerprint density at radius 2 is 1.58 bits per heavy atom. The van der Waals surface area contributed by atoms with E-state index in [0.717, 1.165) is 28.1 Å². The third-order valence-corrected chi connectivity index (χ3v) is 6.28. The quantitative estimate of drug-likeness (QED) is 0.609. The van der Waals surface area contributed by atoms with E-state index in [4.69, 9.17) is 0 Å². The number of nitrogens with zero attached hydrogens (tertiary/aromatic N) is 2. The van der Waals surface area contributed by atoms with Gasteiger partial charge in [-0.3, -0.25) is 13.9 Å². The van der Waals surface area contributed by atoms with E-state index >= 15 is 0 Å². The summed E-state index contributed by atoms with van der Waals surface area (Å²) >= 11 is 0. The van der Waals surface area contributed by atoms with Crippen molar-refractivity contribution in [3.63, 3.8) is 0 Å². The van der Waals surface area contributed by atoms with Gasteiger partial charge in [0.1, 0.15) is 12.6 Å². The summed E-state index contributed by atoms with van der Waals surface area (Å²) in [6, 6.07) is 15.7. The Hall–Kier alpha value is -2.87. The summed E-state index contributed by atoms with van der Waals surface area (Å²) in [6.45, 7) is 3.66. The van der Waals surface area contributed by atoms with Gasteiger partial charge >= 0.3 is 0 Å². The van der Waals surface area contributed by atoms with Crippen LogP contribution in [0.1, 0.15) is 31.4 Å². The van der Waals surface area contributed by atoms with Crippen LogP contribution in [0, 0.1) is 0 Å². The first kappa shape index (κ1) is 24.4. The van der Waals surface area contributed by atoms with Crippen LogP contribution in [0.3, 0.4) is 0 Å². The summed E-state index contributed by atoms with van der Waals surface area (Å²) in [6.07, 6.45) is 2.31. The summed E-state index contributed by atoms with van der Waals surface area (Å²) in [5, 5.41) is 2.60. The fourth-order valence-corrected chi connectivity index (χ4v) is 4.23. The third-order valence-electron chi connectivity index (χ3n) is 5.14. The minimum atomic E-state index is -3.71. The number of benzene rings is 2. The predicted octanol–water partition coefficient (Wildman–Crippen LogP) is 2.57. The second-order valence-electron chi connectivity index (χ2n) is 7.34. The standard InChI is InChI=1S/C23H31N3O4S/c1-5-18-12-14-20(15-13-18)26(31(4,29)30)17-22(27)25(21(6-2)23(28)24-3)16-19-10-8-7-9-11-19/h7-15,21H,5-6,16-17H2,1-4H3,(H,24,28)/t21-/m0/s1. The molecule has 0 aliphatic heterocycles. The van der Waals surface area contributed by atoms with Crippen molar-refractivity contribution >= 4 is 27.5 Å². The SMILES string of the molecule is CCc1ccc(N(CC(=O)N(Cc2ccccc2)[C@@H](CC)C(=O)NC)S(C)(=O)=O)cc1. The summed E-state index contributed by atoms with van der Waals surface area (Å²) < 4.78 is 26.1. The molecule has 0 radical (unpaired) electrons. The van der Waals surface area contributed by atoms with Crippen LogP contribution < -0.4 is 9.62 Å². The molecule has 0 heterocycles. The molecule has 0 aliphatic rings. The highest BCUT2D eigenvalue weighted by atomic mass is 32.2. The Morgan fingerprint density at radius 3 is 2.06 bits per heavy atom. The number of amides is 2. The maximum atomic E-state index is 13.4. The molecule has 2 aromatic carbocycles. The average Bonchev–Trinajstić information content (AvgIpc) is 2.77. The van der Waals surface area contributed by atoms with Gasteiger partial charge in [0, 0.05) is 13.6 Å². The first-order valence-corrected chi connectivity index (χ1v) is 12.2. The molecule has 0 saturated carbocycles. The molecule has 7 nitrogen and oxygen atoms in total. The van der Waals surface area contributed by atoms with Gasteiger partial charge in [-0.2, -0.15) is 0 Å². The number of carbonyl (C=O) groups excluding carboxylic acids is 2. The molecular formula is C23H31N3O4S. The van der Waals surface area contributed by atoms with E-state index in [1.54, 1.807) is 12.1 Å². The van der Waals surface area contributed by atoms with Crippen molar-refractivity contribution in [3.05, 3.63) is 65.7 Å². The molecule has 0 fully saturated rings. The van der Waals surface area contributed by atoms with Crippen molar-refractivity contribution < 1.29 is 18.0 Å². The molecule has 168 valence electrons. The fourth-order valence-electron chi connectivity index (χ4n) is 3.38. The number of likely N-dealkylation sites (N-methyl/N-ethyl adjacent to an activating group) is 1. The van der Waals surface area contributed by atoms with Crippen LogP contribution in [-0.2, 0) is 32.6 Å². The van der Waals surface area contributed by atoms with E-state index in [2.05, 4.69) is 5.32 Å². The summed E-state index contributed by atoms with van der Waals surface area (Å²) in [5.41, 5.74) is 2.34. The van der Waals surface area contributed by atoms with Gasteiger partial charge in [-0.25, -0.2) is 8.42 Å². The molecular weight excluding hydrogens is 414 g/mol. The lowest BCUT2D eigenvalue weighted by molar-refractivity contribution is -0.140. The number of aryl methyl sites for hydroxylation is 1. The van der Waals surface area contributed by atoms with Gasteiger partial charge in [0.05, 0.1) is 11.9 Å². The minimum Gasteiger partial charge on any atom is -0.357 e. The molecule has 0 spiro atoms. The zero-order chi connectivity index (χ0) is 23.0. The number of anilines is 1. The lowest BCUT2D eigenvalue weighted by atomic mass is 10.1. The van der Waals surface area contributed by atoms with E-state index in [0.29, 0.717) is 12.1 Å². The molecule has 1 atom stereocenters. The molecule has 2 aromatic rings. The van der Waals surface area contributed by atoms with Crippen LogP contribution in [0.15, 0.2) is 54.6 Å². The molecule has 0 bridgehead atoms. The van der Waals surface area contributed by atoms with E-state index in [9.17, 15) is 18.0 Å². The lowest BCUT2D eigenvalue weighted by Gasteiger charge is -2.32. The van der Waals surface area contributed by atoms with E-state index in [1.807, 2.05) is 56.3 Å². The van der Waals surface area contributed by atoms with Gasteiger partial charge < -0.3 is 10.2 Å². The molecule has 2 amide bonds. The smallest absolute Gasteiger partial charge is 0.244 e. The van der Waals surface area contributed by atoms with Crippen molar-refractivity contribution in [2.45, 2.75) is 39.3 Å². The summed E-state index contributed by atoms with van der Waals surface area (Å²) in [7, 11) is -2.19. The highest BCUT2D eigenvalue weighted by Crippen LogP contribution is 2.20. The highest BCUT2D eigenvalue weighted by molar-refractivity contribution is 7.92. The van der Waals surface area contributed by atoms with Gasteiger partial charge in [-0.05, 0) is 36.1 Å². The predicted molar refractivity (Wildman–Crippen MR) is 123 cm³/mol.